The fourth-order valence-electron chi connectivity index (χ4n) is 3.87. The summed E-state index contributed by atoms with van der Waals surface area (Å²) < 4.78 is 49.0. The maximum Gasteiger partial charge on any atom is 0.475 e. The van der Waals surface area contributed by atoms with Crippen molar-refractivity contribution in [1.29, 1.82) is 0 Å². The average Bonchev–Trinajstić information content (AvgIpc) is 3.27. The van der Waals surface area contributed by atoms with Crippen LogP contribution >= 0.6 is 7.82 Å². The smallest absolute Gasteiger partial charge is 0.349 e. The highest BCUT2D eigenvalue weighted by Crippen LogP contribution is 2.56. The second-order valence-corrected chi connectivity index (χ2v) is 8.79. The number of ether oxygens (including phenoxy) is 1. The molecule has 1 unspecified atom stereocenters. The van der Waals surface area contributed by atoms with Gasteiger partial charge < -0.3 is 4.74 Å². The Balaban J connectivity index is 1.37. The zero-order valence-electron chi connectivity index (χ0n) is 14.7. The number of phosphoric acid groups is 1. The summed E-state index contributed by atoms with van der Waals surface area (Å²) in [6, 6.07) is 0. The van der Waals surface area contributed by atoms with Crippen molar-refractivity contribution >= 4 is 7.82 Å². The second-order valence-electron chi connectivity index (χ2n) is 7.17. The number of nitrogens with zero attached hydrogens (tertiary/aromatic N) is 1. The van der Waals surface area contributed by atoms with Gasteiger partial charge in [0.05, 0.1) is 19.4 Å². The zero-order chi connectivity index (χ0) is 19.0. The van der Waals surface area contributed by atoms with Crippen molar-refractivity contribution in [3.05, 3.63) is 32.9 Å². The zero-order valence-corrected chi connectivity index (χ0v) is 15.6. The van der Waals surface area contributed by atoms with E-state index in [2.05, 4.69) is 0 Å². The molecule has 3 heterocycles. The molecule has 1 aliphatic carbocycles. The number of aromatic nitrogens is 2. The molecule has 150 valence electrons. The van der Waals surface area contributed by atoms with Crippen LogP contribution in [0.25, 0.3) is 0 Å². The van der Waals surface area contributed by atoms with Crippen LogP contribution in [0.5, 0.6) is 0 Å². The first-order valence-corrected chi connectivity index (χ1v) is 10.6. The van der Waals surface area contributed by atoms with E-state index >= 15 is 0 Å². The van der Waals surface area contributed by atoms with Gasteiger partial charge in [-0.05, 0) is 12.3 Å². The predicted molar refractivity (Wildman–Crippen MR) is 90.8 cm³/mol. The van der Waals surface area contributed by atoms with Gasteiger partial charge in [0.2, 0.25) is 5.82 Å². The lowest BCUT2D eigenvalue weighted by atomic mass is 10.1. The average molecular weight is 404 g/mol. The third-order valence-electron chi connectivity index (χ3n) is 5.33. The van der Waals surface area contributed by atoms with Gasteiger partial charge in [0.1, 0.15) is 18.4 Å². The molecule has 0 amide bonds. The molecule has 0 radical (unpaired) electrons. The van der Waals surface area contributed by atoms with Gasteiger partial charge in [-0.3, -0.25) is 27.9 Å². The van der Waals surface area contributed by atoms with Crippen molar-refractivity contribution in [3.8, 4) is 0 Å². The number of aromatic amines is 1. The van der Waals surface area contributed by atoms with Gasteiger partial charge in [0, 0.05) is 6.42 Å². The Morgan fingerprint density at radius 1 is 1.30 bits per heavy atom. The van der Waals surface area contributed by atoms with Gasteiger partial charge in [-0.15, -0.1) is 0 Å². The van der Waals surface area contributed by atoms with E-state index in [-0.39, 0.29) is 13.0 Å². The minimum atomic E-state index is -3.69. The summed E-state index contributed by atoms with van der Waals surface area (Å²) in [4.78, 5) is 24.9. The van der Waals surface area contributed by atoms with Crippen molar-refractivity contribution in [2.45, 2.75) is 57.0 Å². The third-order valence-corrected chi connectivity index (χ3v) is 6.82. The van der Waals surface area contributed by atoms with Crippen LogP contribution in [0.4, 0.5) is 4.39 Å². The Morgan fingerprint density at radius 2 is 2.07 bits per heavy atom. The molecule has 0 bridgehead atoms. The molecule has 0 spiro atoms. The molecule has 1 aromatic heterocycles. The molecule has 3 fully saturated rings. The van der Waals surface area contributed by atoms with Gasteiger partial charge >= 0.3 is 13.5 Å². The minimum Gasteiger partial charge on any atom is -0.349 e. The second kappa shape index (κ2) is 7.60. The van der Waals surface area contributed by atoms with Crippen LogP contribution in [-0.4, -0.2) is 35.0 Å². The summed E-state index contributed by atoms with van der Waals surface area (Å²) in [5.41, 5.74) is -1.88. The quantitative estimate of drug-likeness (QED) is 0.749. The molecule has 3 aliphatic rings. The van der Waals surface area contributed by atoms with Gasteiger partial charge in [-0.25, -0.2) is 9.36 Å². The lowest BCUT2D eigenvalue weighted by Crippen LogP contribution is -2.34. The van der Waals surface area contributed by atoms with E-state index in [0.717, 1.165) is 17.2 Å². The maximum atomic E-state index is 13.5. The van der Waals surface area contributed by atoms with E-state index in [4.69, 9.17) is 18.3 Å². The Kier molecular flexibility index (Phi) is 5.35. The lowest BCUT2D eigenvalue weighted by molar-refractivity contribution is -0.0726. The summed E-state index contributed by atoms with van der Waals surface area (Å²) in [5, 5.41) is 0. The number of halogens is 1. The van der Waals surface area contributed by atoms with Crippen molar-refractivity contribution in [3.63, 3.8) is 0 Å². The van der Waals surface area contributed by atoms with Crippen LogP contribution in [0.1, 0.15) is 44.8 Å². The van der Waals surface area contributed by atoms with E-state index in [1.165, 1.54) is 25.7 Å². The van der Waals surface area contributed by atoms with Gasteiger partial charge in [0.25, 0.3) is 5.56 Å². The van der Waals surface area contributed by atoms with Gasteiger partial charge in [0.15, 0.2) is 0 Å². The van der Waals surface area contributed by atoms with Crippen molar-refractivity contribution in [1.82, 2.24) is 9.55 Å². The first kappa shape index (κ1) is 19.0. The number of phosphoric ester groups is 1. The fourth-order valence-corrected chi connectivity index (χ4v) is 5.27. The van der Waals surface area contributed by atoms with Crippen LogP contribution in [0.3, 0.4) is 0 Å². The Hall–Kier alpha value is -1.32. The highest BCUT2D eigenvalue weighted by Gasteiger charge is 2.48. The van der Waals surface area contributed by atoms with Crippen molar-refractivity contribution in [2.75, 3.05) is 13.2 Å². The number of hydrogen-bond acceptors (Lipinski definition) is 7. The predicted octanol–water partition coefficient (Wildman–Crippen LogP) is 2.08. The molecule has 1 saturated carbocycles. The summed E-state index contributed by atoms with van der Waals surface area (Å²) in [7, 11) is -3.69. The largest absolute Gasteiger partial charge is 0.475 e. The van der Waals surface area contributed by atoms with Gasteiger partial charge in [-0.2, -0.15) is 4.39 Å². The molecular weight excluding hydrogens is 382 g/mol. The molecule has 9 nitrogen and oxygen atoms in total. The monoisotopic (exact) mass is 404 g/mol. The van der Waals surface area contributed by atoms with E-state index in [1.807, 2.05) is 4.98 Å². The Labute approximate surface area is 154 Å². The maximum absolute atomic E-state index is 13.5. The SMILES string of the molecule is O=c1[nH]c(=O)n([C@H]2C[C@@H]3OP(=O)(OCCC4CCCC4)OC[C@H]3O2)cc1F. The number of fused-ring (bicyclic) bond motifs is 1. The number of rotatable bonds is 5. The first-order valence-electron chi connectivity index (χ1n) is 9.17. The molecular formula is C16H22FN2O7P. The molecule has 1 N–H and O–H groups in total. The molecule has 11 heteroatoms. The Morgan fingerprint density at radius 3 is 2.85 bits per heavy atom. The molecule has 2 aliphatic heterocycles. The van der Waals surface area contributed by atoms with E-state index in [9.17, 15) is 18.5 Å². The van der Waals surface area contributed by atoms with Crippen LogP contribution in [-0.2, 0) is 22.9 Å². The Bertz CT molecular complexity index is 850. The molecule has 2 saturated heterocycles. The molecule has 1 aromatic rings. The van der Waals surface area contributed by atoms with Crippen molar-refractivity contribution < 1.29 is 27.3 Å². The first-order chi connectivity index (χ1) is 12.9. The third kappa shape index (κ3) is 4.09. The molecule has 0 aromatic carbocycles. The van der Waals surface area contributed by atoms with Crippen LogP contribution < -0.4 is 11.2 Å². The number of H-pyrrole nitrogens is 1. The standard InChI is InChI=1S/C16H22FN2O7P/c17-11-8-19(16(21)18-15(11)20)14-7-12-13(25-14)9-24-27(22,26-12)23-6-5-10-3-1-2-4-10/h8,10,12-14H,1-7,9H2,(H,18,20,21)/t12-,13+,14+,27?/m0/s1. The summed E-state index contributed by atoms with van der Waals surface area (Å²) in [5.74, 6) is -0.499. The van der Waals surface area contributed by atoms with Crippen LogP contribution in [0, 0.1) is 11.7 Å². The summed E-state index contributed by atoms with van der Waals surface area (Å²) >= 11 is 0. The van der Waals surface area contributed by atoms with Crippen LogP contribution in [0.2, 0.25) is 0 Å². The van der Waals surface area contributed by atoms with Gasteiger partial charge in [-0.1, -0.05) is 25.7 Å². The fraction of sp³-hybridized carbons (Fsp3) is 0.750. The lowest BCUT2D eigenvalue weighted by Gasteiger charge is -2.30. The summed E-state index contributed by atoms with van der Waals surface area (Å²) in [6.07, 6.45) is 4.53. The van der Waals surface area contributed by atoms with E-state index in [0.29, 0.717) is 12.5 Å². The molecule has 4 rings (SSSR count). The number of hydrogen-bond donors (Lipinski definition) is 1. The minimum absolute atomic E-state index is 0.0114. The van der Waals surface area contributed by atoms with E-state index < -0.39 is 43.3 Å². The number of nitrogens with one attached hydrogen (secondary N) is 1. The van der Waals surface area contributed by atoms with E-state index in [1.54, 1.807) is 0 Å². The highest BCUT2D eigenvalue weighted by molar-refractivity contribution is 7.48. The van der Waals surface area contributed by atoms with Crippen molar-refractivity contribution in [2.24, 2.45) is 5.92 Å². The topological polar surface area (TPSA) is 109 Å². The highest BCUT2D eigenvalue weighted by atomic mass is 31.2. The normalized spacial score (nSPS) is 34.0. The molecule has 4 atom stereocenters. The van der Waals surface area contributed by atoms with Crippen LogP contribution in [0.15, 0.2) is 15.8 Å². The summed E-state index contributed by atoms with van der Waals surface area (Å²) in [6.45, 7) is 0.288. The molecule has 27 heavy (non-hydrogen) atoms.